The molecular weight excluding hydrogens is 238 g/mol. The van der Waals surface area contributed by atoms with Crippen LogP contribution in [0.1, 0.15) is 13.8 Å². The fourth-order valence-corrected chi connectivity index (χ4v) is 1.19. The van der Waals surface area contributed by atoms with Crippen LogP contribution in [-0.4, -0.2) is 18.4 Å². The van der Waals surface area contributed by atoms with Crippen LogP contribution >= 0.6 is 0 Å². The molecule has 1 unspecified atom stereocenters. The fourth-order valence-electron chi connectivity index (χ4n) is 1.19. The molecule has 0 aromatic heterocycles. The van der Waals surface area contributed by atoms with Gasteiger partial charge in [-0.05, 0) is 13.8 Å². The molecule has 0 aliphatic carbocycles. The van der Waals surface area contributed by atoms with Gasteiger partial charge in [0.25, 0.3) is 0 Å². The minimum atomic E-state index is -5.40. The monoisotopic (exact) mass is 250 g/mol. The van der Waals surface area contributed by atoms with Crippen molar-refractivity contribution in [2.24, 2.45) is 11.8 Å². The van der Waals surface area contributed by atoms with E-state index in [1.807, 2.05) is 0 Å². The zero-order chi connectivity index (χ0) is 13.1. The molecule has 16 heavy (non-hydrogen) atoms. The molecule has 0 aromatic rings. The minimum absolute atomic E-state index is 0.307. The van der Waals surface area contributed by atoms with Crippen LogP contribution in [0.25, 0.3) is 0 Å². The summed E-state index contributed by atoms with van der Waals surface area (Å²) in [6, 6.07) is -2.02. The maximum atomic E-state index is 12.3. The second-order valence-electron chi connectivity index (χ2n) is 3.50. The van der Waals surface area contributed by atoms with Crippen LogP contribution in [0.4, 0.5) is 26.3 Å². The molecular formula is C8H12F6N2. The van der Waals surface area contributed by atoms with E-state index >= 15 is 0 Å². The summed E-state index contributed by atoms with van der Waals surface area (Å²) in [4.78, 5) is 0. The second kappa shape index (κ2) is 5.05. The lowest BCUT2D eigenvalue weighted by molar-refractivity contribution is -0.288. The number of halogens is 6. The number of nitrogens with two attached hydrogens (primary N) is 1. The molecule has 0 aromatic carbocycles. The summed E-state index contributed by atoms with van der Waals surface area (Å²) < 4.78 is 73.6. The number of alkyl halides is 6. The molecule has 0 aliphatic heterocycles. The van der Waals surface area contributed by atoms with Crippen LogP contribution in [0, 0.1) is 5.92 Å². The van der Waals surface area contributed by atoms with E-state index in [0.717, 1.165) is 6.08 Å². The summed E-state index contributed by atoms with van der Waals surface area (Å²) in [5.74, 6) is 1.21. The molecule has 3 N–H and O–H groups in total. The van der Waals surface area contributed by atoms with Gasteiger partial charge in [-0.15, -0.1) is 0 Å². The lowest BCUT2D eigenvalue weighted by Gasteiger charge is -2.28. The van der Waals surface area contributed by atoms with Crippen molar-refractivity contribution in [1.29, 1.82) is 0 Å². The largest absolute Gasteiger partial charge is 0.402 e. The average molecular weight is 250 g/mol. The topological polar surface area (TPSA) is 38.0 Å². The maximum absolute atomic E-state index is 12.3. The molecule has 0 heterocycles. The quantitative estimate of drug-likeness (QED) is 0.349. The van der Waals surface area contributed by atoms with E-state index in [-0.39, 0.29) is 0 Å². The van der Waals surface area contributed by atoms with Gasteiger partial charge in [-0.3, -0.25) is 11.3 Å². The van der Waals surface area contributed by atoms with Gasteiger partial charge in [0.1, 0.15) is 0 Å². The zero-order valence-corrected chi connectivity index (χ0v) is 8.58. The van der Waals surface area contributed by atoms with Gasteiger partial charge < -0.3 is 0 Å². The molecule has 0 amide bonds. The Labute approximate surface area is 88.5 Å². The van der Waals surface area contributed by atoms with E-state index in [2.05, 4.69) is 0 Å². The van der Waals surface area contributed by atoms with Crippen LogP contribution in [0.5, 0.6) is 0 Å². The van der Waals surface area contributed by atoms with E-state index in [1.54, 1.807) is 0 Å². The van der Waals surface area contributed by atoms with E-state index < -0.39 is 24.3 Å². The predicted molar refractivity (Wildman–Crippen MR) is 46.1 cm³/mol. The van der Waals surface area contributed by atoms with Gasteiger partial charge in [0, 0.05) is 0 Å². The van der Waals surface area contributed by atoms with Crippen molar-refractivity contribution in [1.82, 2.24) is 5.43 Å². The molecule has 0 rings (SSSR count). The van der Waals surface area contributed by atoms with Gasteiger partial charge in [0.05, 0.1) is 6.04 Å². The van der Waals surface area contributed by atoms with Gasteiger partial charge >= 0.3 is 12.4 Å². The molecule has 1 atom stereocenters. The Bertz CT molecular complexity index is 236. The third kappa shape index (κ3) is 4.40. The van der Waals surface area contributed by atoms with Gasteiger partial charge in [-0.25, -0.2) is 0 Å². The summed E-state index contributed by atoms with van der Waals surface area (Å²) in [6.07, 6.45) is -10.0. The molecule has 0 fully saturated rings. The van der Waals surface area contributed by atoms with Gasteiger partial charge in [-0.2, -0.15) is 26.3 Å². The number of nitrogens with one attached hydrogen (secondary N) is 1. The number of rotatable bonds is 3. The first kappa shape index (κ1) is 15.2. The summed E-state index contributed by atoms with van der Waals surface area (Å²) >= 11 is 0. The highest BCUT2D eigenvalue weighted by Gasteiger charge is 2.59. The molecule has 0 bridgehead atoms. The van der Waals surface area contributed by atoms with E-state index in [4.69, 9.17) is 5.84 Å². The van der Waals surface area contributed by atoms with Crippen molar-refractivity contribution in [3.63, 3.8) is 0 Å². The molecule has 0 spiro atoms. The van der Waals surface area contributed by atoms with Crippen LogP contribution in [0.15, 0.2) is 11.6 Å². The van der Waals surface area contributed by atoms with Crippen LogP contribution in [0.3, 0.4) is 0 Å². The van der Waals surface area contributed by atoms with Gasteiger partial charge in [0.15, 0.2) is 5.92 Å². The normalized spacial score (nSPS) is 15.1. The van der Waals surface area contributed by atoms with E-state index in [0.29, 0.717) is 5.57 Å². The SMILES string of the molecule is CC(C)=CC(NN)C(C(F)(F)F)C(F)(F)F. The molecule has 96 valence electrons. The van der Waals surface area contributed by atoms with Crippen molar-refractivity contribution in [3.8, 4) is 0 Å². The molecule has 0 radical (unpaired) electrons. The maximum Gasteiger partial charge on any atom is 0.402 e. The smallest absolute Gasteiger partial charge is 0.271 e. The van der Waals surface area contributed by atoms with Gasteiger partial charge in [-0.1, -0.05) is 11.6 Å². The Kier molecular flexibility index (Phi) is 4.81. The number of hydrazine groups is 1. The standard InChI is InChI=1S/C8H12F6N2/c1-4(2)3-5(16-15)6(7(9,10)11)8(12,13)14/h3,5-6,16H,15H2,1-2H3. The van der Waals surface area contributed by atoms with Crippen molar-refractivity contribution in [3.05, 3.63) is 11.6 Å². The number of allylic oxidation sites excluding steroid dienone is 1. The van der Waals surface area contributed by atoms with Crippen molar-refractivity contribution >= 4 is 0 Å². The second-order valence-corrected chi connectivity index (χ2v) is 3.50. The first-order valence-electron chi connectivity index (χ1n) is 4.24. The van der Waals surface area contributed by atoms with Crippen LogP contribution in [-0.2, 0) is 0 Å². The number of hydrogen-bond acceptors (Lipinski definition) is 2. The highest BCUT2D eigenvalue weighted by molar-refractivity contribution is 5.05. The van der Waals surface area contributed by atoms with E-state index in [9.17, 15) is 26.3 Å². The van der Waals surface area contributed by atoms with Gasteiger partial charge in [0.2, 0.25) is 0 Å². The number of hydrogen-bond donors (Lipinski definition) is 2. The minimum Gasteiger partial charge on any atom is -0.271 e. The van der Waals surface area contributed by atoms with Crippen LogP contribution < -0.4 is 11.3 Å². The molecule has 0 aliphatic rings. The van der Waals surface area contributed by atoms with Crippen molar-refractivity contribution in [2.45, 2.75) is 32.2 Å². The van der Waals surface area contributed by atoms with Crippen LogP contribution in [0.2, 0.25) is 0 Å². The molecule has 0 saturated heterocycles. The summed E-state index contributed by atoms with van der Waals surface area (Å²) in [5.41, 5.74) is 1.84. The van der Waals surface area contributed by atoms with Crippen molar-refractivity contribution in [2.75, 3.05) is 0 Å². The Morgan fingerprint density at radius 3 is 1.62 bits per heavy atom. The highest BCUT2D eigenvalue weighted by Crippen LogP contribution is 2.41. The third-order valence-electron chi connectivity index (χ3n) is 1.77. The fraction of sp³-hybridized carbons (Fsp3) is 0.750. The van der Waals surface area contributed by atoms with Crippen molar-refractivity contribution < 1.29 is 26.3 Å². The predicted octanol–water partition coefficient (Wildman–Crippen LogP) is 2.53. The lowest BCUT2D eigenvalue weighted by atomic mass is 9.97. The third-order valence-corrected chi connectivity index (χ3v) is 1.77. The Balaban J connectivity index is 5.25. The first-order valence-corrected chi connectivity index (χ1v) is 4.24. The Morgan fingerprint density at radius 2 is 1.44 bits per heavy atom. The average Bonchev–Trinajstić information content (AvgIpc) is 1.96. The molecule has 8 heteroatoms. The Morgan fingerprint density at radius 1 is 1.06 bits per heavy atom. The Hall–Kier alpha value is -0.760. The zero-order valence-electron chi connectivity index (χ0n) is 8.58. The first-order chi connectivity index (χ1) is 7.00. The highest BCUT2D eigenvalue weighted by atomic mass is 19.4. The molecule has 2 nitrogen and oxygen atoms in total. The summed E-state index contributed by atoms with van der Waals surface area (Å²) in [6.45, 7) is 2.77. The summed E-state index contributed by atoms with van der Waals surface area (Å²) in [5, 5.41) is 0. The lowest BCUT2D eigenvalue weighted by Crippen LogP contribution is -2.52. The molecule has 0 saturated carbocycles. The summed E-state index contributed by atoms with van der Waals surface area (Å²) in [7, 11) is 0. The van der Waals surface area contributed by atoms with E-state index in [1.165, 1.54) is 19.3 Å².